The van der Waals surface area contributed by atoms with Gasteiger partial charge in [0.25, 0.3) is 0 Å². The standard InChI is InChI=1S/C16H16O10S.Na/c1-22-12(17)6-7(13(18)23-2)9(15(20)25-4)11(27)10(16(21)26-5)8(6)14(19)24-3;/h27H,1-5H3;. The normalized spacial score (nSPS) is 9.50. The third-order valence-corrected chi connectivity index (χ3v) is 3.87. The minimum atomic E-state index is -1.21. The number of hydrogen-bond donors (Lipinski definition) is 1. The van der Waals surface area contributed by atoms with Gasteiger partial charge in [-0.2, -0.15) is 0 Å². The Labute approximate surface area is 187 Å². The van der Waals surface area contributed by atoms with Gasteiger partial charge in [0.15, 0.2) is 0 Å². The molecular weight excluding hydrogens is 407 g/mol. The van der Waals surface area contributed by atoms with Crippen molar-refractivity contribution in [3.8, 4) is 0 Å². The van der Waals surface area contributed by atoms with Gasteiger partial charge >= 0.3 is 29.8 Å². The van der Waals surface area contributed by atoms with Crippen molar-refractivity contribution in [2.75, 3.05) is 35.5 Å². The fourth-order valence-corrected chi connectivity index (χ4v) is 2.66. The molecule has 0 spiro atoms. The van der Waals surface area contributed by atoms with Crippen molar-refractivity contribution in [2.24, 2.45) is 0 Å². The van der Waals surface area contributed by atoms with Gasteiger partial charge in [0, 0.05) is 34.5 Å². The van der Waals surface area contributed by atoms with Crippen LogP contribution >= 0.6 is 12.6 Å². The number of ether oxygens (including phenoxy) is 5. The first kappa shape index (κ1) is 25.9. The van der Waals surface area contributed by atoms with Crippen molar-refractivity contribution in [3.63, 3.8) is 0 Å². The van der Waals surface area contributed by atoms with E-state index in [1.54, 1.807) is 0 Å². The number of hydrogen-bond acceptors (Lipinski definition) is 11. The molecule has 0 aliphatic rings. The molecule has 0 saturated carbocycles. The number of carbonyl (C=O) groups is 5. The summed E-state index contributed by atoms with van der Waals surface area (Å²) in [6, 6.07) is 0. The Morgan fingerprint density at radius 1 is 0.500 bits per heavy atom. The quantitative estimate of drug-likeness (QED) is 0.310. The second-order valence-electron chi connectivity index (χ2n) is 4.68. The van der Waals surface area contributed by atoms with Crippen LogP contribution in [0.5, 0.6) is 0 Å². The van der Waals surface area contributed by atoms with E-state index >= 15 is 0 Å². The van der Waals surface area contributed by atoms with Crippen LogP contribution in [0.15, 0.2) is 4.90 Å². The Hall–Kier alpha value is -2.08. The molecule has 1 radical (unpaired) electrons. The second kappa shape index (κ2) is 11.1. The van der Waals surface area contributed by atoms with E-state index in [1.165, 1.54) is 0 Å². The molecule has 0 heterocycles. The van der Waals surface area contributed by atoms with Crippen molar-refractivity contribution in [2.45, 2.75) is 4.90 Å². The van der Waals surface area contributed by atoms with Crippen molar-refractivity contribution >= 4 is 72.0 Å². The first-order valence-corrected chi connectivity index (χ1v) is 7.50. The molecule has 0 aromatic heterocycles. The fourth-order valence-electron chi connectivity index (χ4n) is 2.26. The first-order chi connectivity index (χ1) is 12.7. The molecule has 0 aliphatic heterocycles. The first-order valence-electron chi connectivity index (χ1n) is 7.06. The largest absolute Gasteiger partial charge is 0.465 e. The number of esters is 5. The Morgan fingerprint density at radius 2 is 0.679 bits per heavy atom. The van der Waals surface area contributed by atoms with Gasteiger partial charge in [-0.15, -0.1) is 12.6 Å². The minimum absolute atomic E-state index is 0. The van der Waals surface area contributed by atoms with Crippen molar-refractivity contribution in [3.05, 3.63) is 27.8 Å². The van der Waals surface area contributed by atoms with E-state index in [0.717, 1.165) is 35.5 Å². The van der Waals surface area contributed by atoms with E-state index in [1.807, 2.05) is 0 Å². The van der Waals surface area contributed by atoms with Crippen LogP contribution in [-0.2, 0) is 23.7 Å². The van der Waals surface area contributed by atoms with Crippen molar-refractivity contribution in [1.82, 2.24) is 0 Å². The molecule has 1 aromatic rings. The fraction of sp³-hybridized carbons (Fsp3) is 0.312. The predicted molar refractivity (Wildman–Crippen MR) is 96.1 cm³/mol. The second-order valence-corrected chi connectivity index (χ2v) is 5.13. The van der Waals surface area contributed by atoms with E-state index in [4.69, 9.17) is 0 Å². The molecule has 0 atom stereocenters. The van der Waals surface area contributed by atoms with Crippen LogP contribution in [0.25, 0.3) is 0 Å². The molecule has 1 aromatic carbocycles. The van der Waals surface area contributed by atoms with E-state index in [9.17, 15) is 24.0 Å². The van der Waals surface area contributed by atoms with Crippen molar-refractivity contribution < 1.29 is 47.7 Å². The monoisotopic (exact) mass is 423 g/mol. The summed E-state index contributed by atoms with van der Waals surface area (Å²) in [5, 5.41) is 0. The summed E-state index contributed by atoms with van der Waals surface area (Å²) in [6.45, 7) is 0. The van der Waals surface area contributed by atoms with Gasteiger partial charge in [-0.25, -0.2) is 24.0 Å². The van der Waals surface area contributed by atoms with Gasteiger partial charge in [0.2, 0.25) is 0 Å². The zero-order valence-corrected chi connectivity index (χ0v) is 18.9. The molecule has 10 nitrogen and oxygen atoms in total. The molecule has 0 unspecified atom stereocenters. The Balaban J connectivity index is 0.00000729. The van der Waals surface area contributed by atoms with Crippen LogP contribution in [0.2, 0.25) is 0 Å². The third kappa shape index (κ3) is 4.66. The molecule has 0 bridgehead atoms. The Bertz CT molecular complexity index is 776. The summed E-state index contributed by atoms with van der Waals surface area (Å²) in [4.78, 5) is 61.1. The van der Waals surface area contributed by atoms with E-state index < -0.39 is 62.6 Å². The van der Waals surface area contributed by atoms with E-state index in [-0.39, 0.29) is 29.6 Å². The van der Waals surface area contributed by atoms with Gasteiger partial charge in [-0.3, -0.25) is 0 Å². The minimum Gasteiger partial charge on any atom is -0.465 e. The molecule has 0 N–H and O–H groups in total. The van der Waals surface area contributed by atoms with Gasteiger partial charge in [0.1, 0.15) is 0 Å². The number of carbonyl (C=O) groups excluding carboxylic acids is 5. The average molecular weight is 423 g/mol. The van der Waals surface area contributed by atoms with Gasteiger partial charge < -0.3 is 23.7 Å². The summed E-state index contributed by atoms with van der Waals surface area (Å²) in [7, 11) is 4.93. The maximum Gasteiger partial charge on any atom is 0.339 e. The molecule has 0 fully saturated rings. The van der Waals surface area contributed by atoms with E-state index in [2.05, 4.69) is 36.3 Å². The van der Waals surface area contributed by atoms with Crippen molar-refractivity contribution in [1.29, 1.82) is 0 Å². The maximum atomic E-state index is 12.4. The number of rotatable bonds is 5. The summed E-state index contributed by atoms with van der Waals surface area (Å²) in [6.07, 6.45) is 0. The average Bonchev–Trinajstić information content (AvgIpc) is 2.69. The summed E-state index contributed by atoms with van der Waals surface area (Å²) >= 11 is 4.08. The number of methoxy groups -OCH3 is 5. The molecule has 12 heteroatoms. The third-order valence-electron chi connectivity index (χ3n) is 3.42. The van der Waals surface area contributed by atoms with E-state index in [0.29, 0.717) is 0 Å². The molecule has 147 valence electrons. The molecule has 1 rings (SSSR count). The van der Waals surface area contributed by atoms with Gasteiger partial charge in [-0.05, 0) is 0 Å². The number of thiol groups is 1. The zero-order valence-electron chi connectivity index (χ0n) is 16.0. The zero-order chi connectivity index (χ0) is 20.9. The number of benzene rings is 1. The van der Waals surface area contributed by atoms with Crippen LogP contribution in [0.1, 0.15) is 51.8 Å². The van der Waals surface area contributed by atoms with Gasteiger partial charge in [0.05, 0.1) is 63.4 Å². The molecule has 28 heavy (non-hydrogen) atoms. The molecule has 0 aliphatic carbocycles. The van der Waals surface area contributed by atoms with Crippen LogP contribution in [0, 0.1) is 0 Å². The van der Waals surface area contributed by atoms with Crippen LogP contribution in [0.3, 0.4) is 0 Å². The summed E-state index contributed by atoms with van der Waals surface area (Å²) < 4.78 is 23.0. The van der Waals surface area contributed by atoms with Crippen LogP contribution in [0.4, 0.5) is 0 Å². The van der Waals surface area contributed by atoms with Gasteiger partial charge in [-0.1, -0.05) is 0 Å². The molecular formula is C16H16NaO10S. The Kier molecular flexibility index (Phi) is 10.2. The Morgan fingerprint density at radius 3 is 0.893 bits per heavy atom. The predicted octanol–water partition coefficient (Wildman–Crippen LogP) is 0.528. The summed E-state index contributed by atoms with van der Waals surface area (Å²) in [5.74, 6) is -5.79. The smallest absolute Gasteiger partial charge is 0.339 e. The molecule has 0 amide bonds. The SMILES string of the molecule is COC(=O)c1c(S)c(C(=O)OC)c(C(=O)OC)c(C(=O)OC)c1C(=O)OC.[Na]. The summed E-state index contributed by atoms with van der Waals surface area (Å²) in [5.41, 5.74) is -3.24. The van der Waals surface area contributed by atoms with Crippen LogP contribution < -0.4 is 0 Å². The van der Waals surface area contributed by atoms with Crippen LogP contribution in [-0.4, -0.2) is 95.0 Å². The topological polar surface area (TPSA) is 132 Å². The molecule has 0 saturated heterocycles. The maximum absolute atomic E-state index is 12.4.